The van der Waals surface area contributed by atoms with Crippen LogP contribution in [0.15, 0.2) is 12.1 Å². The Balaban J connectivity index is 2.36. The highest BCUT2D eigenvalue weighted by molar-refractivity contribution is 5.54. The smallest absolute Gasteiger partial charge is 0.390 e. The minimum Gasteiger partial charge on any atom is -0.504 e. The van der Waals surface area contributed by atoms with Crippen molar-refractivity contribution in [2.24, 2.45) is 0 Å². The Morgan fingerprint density at radius 3 is 2.29 bits per heavy atom. The maximum Gasteiger partial charge on any atom is 0.390 e. The zero-order valence-electron chi connectivity index (χ0n) is 11.2. The number of alkyl halides is 3. The molecule has 1 fully saturated rings. The lowest BCUT2D eigenvalue weighted by molar-refractivity contribution is -0.148. The molecule has 0 aromatic heterocycles. The van der Waals surface area contributed by atoms with Crippen LogP contribution in [0.3, 0.4) is 0 Å². The summed E-state index contributed by atoms with van der Waals surface area (Å²) in [5.74, 6) is -2.07. The maximum atomic E-state index is 12.8. The molecule has 1 aliphatic rings. The molecule has 1 aromatic rings. The summed E-state index contributed by atoms with van der Waals surface area (Å²) < 4.78 is 38.5. The molecule has 2 rings (SSSR count). The number of rotatable bonds is 3. The van der Waals surface area contributed by atoms with Crippen molar-refractivity contribution < 1.29 is 28.5 Å². The maximum absolute atomic E-state index is 12.8. The second-order valence-corrected chi connectivity index (χ2v) is 4.99. The van der Waals surface area contributed by atoms with Crippen LogP contribution in [-0.2, 0) is 0 Å². The van der Waals surface area contributed by atoms with Gasteiger partial charge in [0, 0.05) is 37.8 Å². The second kappa shape index (κ2) is 5.98. The van der Waals surface area contributed by atoms with E-state index in [1.54, 1.807) is 4.90 Å². The fraction of sp³-hybridized carbons (Fsp3) is 0.538. The van der Waals surface area contributed by atoms with Crippen LogP contribution >= 0.6 is 0 Å². The normalized spacial score (nSPS) is 18.6. The number of benzene rings is 1. The molecule has 8 heteroatoms. The summed E-state index contributed by atoms with van der Waals surface area (Å²) in [5, 5.41) is 31.7. The number of hydrogen-bond donors (Lipinski definition) is 4. The first kappa shape index (κ1) is 15.7. The molecule has 0 aliphatic carbocycles. The number of phenolic OH excluding ortho intramolecular Hbond substituents is 3. The SMILES string of the molecule is Oc1ccc([C@H](CC(F)(F)F)N2CCNCC2)c(O)c1O. The summed E-state index contributed by atoms with van der Waals surface area (Å²) in [5.41, 5.74) is -0.0375. The molecule has 0 amide bonds. The highest BCUT2D eigenvalue weighted by Crippen LogP contribution is 2.44. The van der Waals surface area contributed by atoms with Gasteiger partial charge in [0.2, 0.25) is 5.75 Å². The molecule has 118 valence electrons. The Hall–Kier alpha value is -1.67. The van der Waals surface area contributed by atoms with Crippen molar-refractivity contribution in [1.29, 1.82) is 0 Å². The van der Waals surface area contributed by atoms with Crippen LogP contribution in [-0.4, -0.2) is 52.6 Å². The number of aromatic hydroxyl groups is 3. The molecule has 0 unspecified atom stereocenters. The molecular formula is C13H17F3N2O3. The van der Waals surface area contributed by atoms with E-state index in [1.165, 1.54) is 6.07 Å². The largest absolute Gasteiger partial charge is 0.504 e. The molecule has 1 atom stereocenters. The van der Waals surface area contributed by atoms with E-state index in [0.717, 1.165) is 6.07 Å². The van der Waals surface area contributed by atoms with Gasteiger partial charge in [-0.2, -0.15) is 13.2 Å². The number of phenols is 3. The Labute approximate surface area is 119 Å². The molecule has 1 aromatic carbocycles. The van der Waals surface area contributed by atoms with Crippen molar-refractivity contribution in [2.45, 2.75) is 18.6 Å². The Morgan fingerprint density at radius 2 is 1.71 bits per heavy atom. The molecule has 1 saturated heterocycles. The molecule has 0 radical (unpaired) electrons. The summed E-state index contributed by atoms with van der Waals surface area (Å²) in [7, 11) is 0. The lowest BCUT2D eigenvalue weighted by atomic mass is 9.99. The number of halogens is 3. The van der Waals surface area contributed by atoms with Gasteiger partial charge in [-0.1, -0.05) is 0 Å². The minimum atomic E-state index is -4.41. The zero-order valence-corrected chi connectivity index (χ0v) is 11.2. The zero-order chi connectivity index (χ0) is 15.6. The first-order chi connectivity index (χ1) is 9.79. The number of nitrogens with zero attached hydrogens (tertiary/aromatic N) is 1. The van der Waals surface area contributed by atoms with Gasteiger partial charge in [-0.15, -0.1) is 0 Å². The first-order valence-electron chi connectivity index (χ1n) is 6.55. The third-order valence-corrected chi connectivity index (χ3v) is 3.54. The fourth-order valence-corrected chi connectivity index (χ4v) is 2.50. The van der Waals surface area contributed by atoms with Crippen molar-refractivity contribution in [3.05, 3.63) is 17.7 Å². The van der Waals surface area contributed by atoms with Crippen molar-refractivity contribution in [2.75, 3.05) is 26.2 Å². The monoisotopic (exact) mass is 306 g/mol. The van der Waals surface area contributed by atoms with Crippen LogP contribution in [0.25, 0.3) is 0 Å². The third-order valence-electron chi connectivity index (χ3n) is 3.54. The topological polar surface area (TPSA) is 76.0 Å². The second-order valence-electron chi connectivity index (χ2n) is 4.99. The Morgan fingerprint density at radius 1 is 1.10 bits per heavy atom. The van der Waals surface area contributed by atoms with Gasteiger partial charge in [0.05, 0.1) is 6.42 Å². The van der Waals surface area contributed by atoms with Crippen molar-refractivity contribution in [3.63, 3.8) is 0 Å². The molecule has 21 heavy (non-hydrogen) atoms. The number of hydrogen-bond acceptors (Lipinski definition) is 5. The van der Waals surface area contributed by atoms with Crippen molar-refractivity contribution in [1.82, 2.24) is 10.2 Å². The van der Waals surface area contributed by atoms with Crippen LogP contribution in [0.5, 0.6) is 17.2 Å². The van der Waals surface area contributed by atoms with E-state index in [1.807, 2.05) is 0 Å². The molecule has 4 N–H and O–H groups in total. The average Bonchev–Trinajstić information content (AvgIpc) is 2.43. The van der Waals surface area contributed by atoms with Gasteiger partial charge < -0.3 is 20.6 Å². The molecule has 1 aliphatic heterocycles. The van der Waals surface area contributed by atoms with E-state index >= 15 is 0 Å². The summed E-state index contributed by atoms with van der Waals surface area (Å²) in [6.07, 6.45) is -5.54. The summed E-state index contributed by atoms with van der Waals surface area (Å²) in [6.45, 7) is 1.92. The van der Waals surface area contributed by atoms with E-state index in [4.69, 9.17) is 0 Å². The highest BCUT2D eigenvalue weighted by atomic mass is 19.4. The van der Waals surface area contributed by atoms with E-state index in [9.17, 15) is 28.5 Å². The highest BCUT2D eigenvalue weighted by Gasteiger charge is 2.37. The van der Waals surface area contributed by atoms with E-state index in [-0.39, 0.29) is 5.56 Å². The molecule has 0 saturated carbocycles. The first-order valence-corrected chi connectivity index (χ1v) is 6.55. The fourth-order valence-electron chi connectivity index (χ4n) is 2.50. The average molecular weight is 306 g/mol. The van der Waals surface area contributed by atoms with Crippen LogP contribution < -0.4 is 5.32 Å². The van der Waals surface area contributed by atoms with Gasteiger partial charge in [-0.05, 0) is 12.1 Å². The summed E-state index contributed by atoms with van der Waals surface area (Å²) in [6, 6.07) is 1.19. The van der Waals surface area contributed by atoms with Gasteiger partial charge in [0.25, 0.3) is 0 Å². The molecule has 1 heterocycles. The lowest BCUT2D eigenvalue weighted by Gasteiger charge is -2.36. The van der Waals surface area contributed by atoms with Crippen LogP contribution in [0.2, 0.25) is 0 Å². The van der Waals surface area contributed by atoms with Crippen molar-refractivity contribution >= 4 is 0 Å². The van der Waals surface area contributed by atoms with E-state index in [2.05, 4.69) is 5.32 Å². The predicted octanol–water partition coefficient (Wildman–Crippen LogP) is 1.70. The van der Waals surface area contributed by atoms with Gasteiger partial charge >= 0.3 is 6.18 Å². The van der Waals surface area contributed by atoms with Crippen LogP contribution in [0.1, 0.15) is 18.0 Å². The number of nitrogens with one attached hydrogen (secondary N) is 1. The standard InChI is InChI=1S/C13H17F3N2O3/c14-13(15,16)7-9(18-5-3-17-4-6-18)8-1-2-10(19)12(21)11(8)20/h1-2,9,17,19-21H,3-7H2/t9-/m0/s1. The third kappa shape index (κ3) is 3.70. The predicted molar refractivity (Wildman–Crippen MR) is 69.3 cm³/mol. The lowest BCUT2D eigenvalue weighted by Crippen LogP contribution is -2.46. The molecule has 5 nitrogen and oxygen atoms in total. The van der Waals surface area contributed by atoms with E-state index in [0.29, 0.717) is 26.2 Å². The number of piperazine rings is 1. The Kier molecular flexibility index (Phi) is 4.48. The summed E-state index contributed by atoms with van der Waals surface area (Å²) in [4.78, 5) is 1.61. The minimum absolute atomic E-state index is 0.0375. The van der Waals surface area contributed by atoms with Gasteiger partial charge in [-0.3, -0.25) is 4.90 Å². The van der Waals surface area contributed by atoms with Gasteiger partial charge in [0.15, 0.2) is 11.5 Å². The van der Waals surface area contributed by atoms with Crippen LogP contribution in [0, 0.1) is 0 Å². The van der Waals surface area contributed by atoms with E-state index < -0.39 is 35.9 Å². The summed E-state index contributed by atoms with van der Waals surface area (Å²) >= 11 is 0. The van der Waals surface area contributed by atoms with Gasteiger partial charge in [0.1, 0.15) is 0 Å². The Bertz CT molecular complexity index is 502. The van der Waals surface area contributed by atoms with Crippen molar-refractivity contribution in [3.8, 4) is 17.2 Å². The molecule has 0 spiro atoms. The molecular weight excluding hydrogens is 289 g/mol. The van der Waals surface area contributed by atoms with Crippen LogP contribution in [0.4, 0.5) is 13.2 Å². The van der Waals surface area contributed by atoms with Gasteiger partial charge in [-0.25, -0.2) is 0 Å². The molecule has 0 bridgehead atoms. The quantitative estimate of drug-likeness (QED) is 0.640.